The lowest BCUT2D eigenvalue weighted by molar-refractivity contribution is -0.116. The highest BCUT2D eigenvalue weighted by Crippen LogP contribution is 2.09. The van der Waals surface area contributed by atoms with Gasteiger partial charge in [-0.2, -0.15) is 5.10 Å². The SMILES string of the molecule is O=C(/C=C/c1ccccn1)NCc1cccnc1-n1cccn1. The smallest absolute Gasteiger partial charge is 0.244 e. The van der Waals surface area contributed by atoms with Gasteiger partial charge in [0.2, 0.25) is 5.91 Å². The molecule has 0 aliphatic rings. The summed E-state index contributed by atoms with van der Waals surface area (Å²) in [6, 6.07) is 11.1. The molecule has 114 valence electrons. The standard InChI is InChI=1S/C17H15N5O/c23-16(8-7-15-6-1-2-9-18-15)20-13-14-5-3-10-19-17(14)22-12-4-11-21-22/h1-12H,13H2,(H,20,23)/b8-7+. The van der Waals surface area contributed by atoms with Gasteiger partial charge in [0.05, 0.1) is 5.69 Å². The highest BCUT2D eigenvalue weighted by Gasteiger charge is 2.06. The van der Waals surface area contributed by atoms with Gasteiger partial charge in [-0.3, -0.25) is 9.78 Å². The van der Waals surface area contributed by atoms with E-state index in [1.54, 1.807) is 29.3 Å². The van der Waals surface area contributed by atoms with Crippen molar-refractivity contribution in [2.45, 2.75) is 6.54 Å². The fourth-order valence-corrected chi connectivity index (χ4v) is 2.05. The molecule has 0 fully saturated rings. The minimum absolute atomic E-state index is 0.189. The zero-order valence-corrected chi connectivity index (χ0v) is 12.3. The fourth-order valence-electron chi connectivity index (χ4n) is 2.05. The Morgan fingerprint density at radius 1 is 1.09 bits per heavy atom. The predicted octanol–water partition coefficient (Wildman–Crippen LogP) is 1.99. The van der Waals surface area contributed by atoms with Crippen LogP contribution in [0.25, 0.3) is 11.9 Å². The molecule has 3 rings (SSSR count). The lowest BCUT2D eigenvalue weighted by Crippen LogP contribution is -2.21. The molecule has 3 aromatic rings. The second-order valence-electron chi connectivity index (χ2n) is 4.74. The van der Waals surface area contributed by atoms with Crippen molar-refractivity contribution in [3.05, 3.63) is 78.5 Å². The summed E-state index contributed by atoms with van der Waals surface area (Å²) < 4.78 is 1.67. The molecule has 6 heteroatoms. The third-order valence-corrected chi connectivity index (χ3v) is 3.14. The van der Waals surface area contributed by atoms with Crippen molar-refractivity contribution in [3.8, 4) is 5.82 Å². The molecule has 0 spiro atoms. The van der Waals surface area contributed by atoms with Gasteiger partial charge in [-0.25, -0.2) is 9.67 Å². The van der Waals surface area contributed by atoms with Gasteiger partial charge in [-0.15, -0.1) is 0 Å². The van der Waals surface area contributed by atoms with Gasteiger partial charge in [0, 0.05) is 43.0 Å². The second-order valence-corrected chi connectivity index (χ2v) is 4.74. The Morgan fingerprint density at radius 2 is 2.00 bits per heavy atom. The van der Waals surface area contributed by atoms with Crippen molar-refractivity contribution in [2.24, 2.45) is 0 Å². The highest BCUT2D eigenvalue weighted by molar-refractivity contribution is 5.91. The van der Waals surface area contributed by atoms with E-state index in [1.165, 1.54) is 6.08 Å². The molecule has 0 radical (unpaired) electrons. The van der Waals surface area contributed by atoms with Gasteiger partial charge >= 0.3 is 0 Å². The number of nitrogens with zero attached hydrogens (tertiary/aromatic N) is 4. The number of hydrogen-bond donors (Lipinski definition) is 1. The lowest BCUT2D eigenvalue weighted by Gasteiger charge is -2.08. The van der Waals surface area contributed by atoms with Crippen LogP contribution in [0.2, 0.25) is 0 Å². The summed E-state index contributed by atoms with van der Waals surface area (Å²) in [6.45, 7) is 0.369. The van der Waals surface area contributed by atoms with Crippen molar-refractivity contribution < 1.29 is 4.79 Å². The van der Waals surface area contributed by atoms with Crippen LogP contribution in [-0.2, 0) is 11.3 Å². The first-order chi connectivity index (χ1) is 11.3. The summed E-state index contributed by atoms with van der Waals surface area (Å²) in [5.74, 6) is 0.512. The average Bonchev–Trinajstić information content (AvgIpc) is 3.14. The van der Waals surface area contributed by atoms with E-state index in [4.69, 9.17) is 0 Å². The molecule has 0 bridgehead atoms. The van der Waals surface area contributed by atoms with E-state index in [0.717, 1.165) is 11.3 Å². The second kappa shape index (κ2) is 7.13. The molecular formula is C17H15N5O. The topological polar surface area (TPSA) is 72.7 Å². The molecule has 1 amide bonds. The Hall–Kier alpha value is -3.28. The van der Waals surface area contributed by atoms with E-state index in [2.05, 4.69) is 20.4 Å². The summed E-state index contributed by atoms with van der Waals surface area (Å²) in [5, 5.41) is 7.01. The van der Waals surface area contributed by atoms with Gasteiger partial charge in [0.25, 0.3) is 0 Å². The number of hydrogen-bond acceptors (Lipinski definition) is 4. The molecule has 0 aliphatic heterocycles. The number of rotatable bonds is 5. The van der Waals surface area contributed by atoms with Crippen molar-refractivity contribution in [2.75, 3.05) is 0 Å². The van der Waals surface area contributed by atoms with E-state index in [9.17, 15) is 4.79 Å². The molecule has 0 aliphatic carbocycles. The van der Waals surface area contributed by atoms with Crippen LogP contribution in [0.3, 0.4) is 0 Å². The Labute approximate surface area is 133 Å². The maximum Gasteiger partial charge on any atom is 0.244 e. The summed E-state index contributed by atoms with van der Waals surface area (Å²) in [4.78, 5) is 20.4. The first-order valence-electron chi connectivity index (χ1n) is 7.14. The highest BCUT2D eigenvalue weighted by atomic mass is 16.1. The molecule has 0 aromatic carbocycles. The van der Waals surface area contributed by atoms with Crippen molar-refractivity contribution in [3.63, 3.8) is 0 Å². The van der Waals surface area contributed by atoms with Crippen LogP contribution in [-0.4, -0.2) is 25.7 Å². The van der Waals surface area contributed by atoms with Gasteiger partial charge < -0.3 is 5.32 Å². The number of amides is 1. The monoisotopic (exact) mass is 305 g/mol. The first kappa shape index (κ1) is 14.6. The molecule has 0 atom stereocenters. The van der Waals surface area contributed by atoms with Crippen LogP contribution in [0.4, 0.5) is 0 Å². The van der Waals surface area contributed by atoms with Crippen LogP contribution in [0.5, 0.6) is 0 Å². The maximum absolute atomic E-state index is 11.9. The van der Waals surface area contributed by atoms with Crippen molar-refractivity contribution in [1.29, 1.82) is 0 Å². The van der Waals surface area contributed by atoms with Gasteiger partial charge in [-0.1, -0.05) is 12.1 Å². The quantitative estimate of drug-likeness (QED) is 0.732. The first-order valence-corrected chi connectivity index (χ1v) is 7.14. The van der Waals surface area contributed by atoms with Crippen LogP contribution in [0, 0.1) is 0 Å². The summed E-state index contributed by atoms with van der Waals surface area (Å²) in [7, 11) is 0. The third-order valence-electron chi connectivity index (χ3n) is 3.14. The Bertz CT molecular complexity index is 797. The normalized spacial score (nSPS) is 10.8. The van der Waals surface area contributed by atoms with Crippen LogP contribution in [0.1, 0.15) is 11.3 Å². The predicted molar refractivity (Wildman–Crippen MR) is 86.5 cm³/mol. The zero-order valence-electron chi connectivity index (χ0n) is 12.3. The largest absolute Gasteiger partial charge is 0.348 e. The van der Waals surface area contributed by atoms with Gasteiger partial charge in [-0.05, 0) is 30.3 Å². The zero-order chi connectivity index (χ0) is 15.9. The van der Waals surface area contributed by atoms with Crippen molar-refractivity contribution in [1.82, 2.24) is 25.1 Å². The van der Waals surface area contributed by atoms with Crippen LogP contribution >= 0.6 is 0 Å². The van der Waals surface area contributed by atoms with Gasteiger partial charge in [0.1, 0.15) is 0 Å². The number of aromatic nitrogens is 4. The molecule has 3 aromatic heterocycles. The van der Waals surface area contributed by atoms with E-state index >= 15 is 0 Å². The summed E-state index contributed by atoms with van der Waals surface area (Å²) in [6.07, 6.45) is 10.0. The lowest BCUT2D eigenvalue weighted by atomic mass is 10.2. The summed E-state index contributed by atoms with van der Waals surface area (Å²) >= 11 is 0. The van der Waals surface area contributed by atoms with E-state index in [0.29, 0.717) is 12.4 Å². The minimum Gasteiger partial charge on any atom is -0.348 e. The minimum atomic E-state index is -0.189. The Kier molecular flexibility index (Phi) is 4.54. The van der Waals surface area contributed by atoms with Crippen molar-refractivity contribution >= 4 is 12.0 Å². The number of carbonyl (C=O) groups is 1. The number of pyridine rings is 2. The average molecular weight is 305 g/mol. The molecule has 23 heavy (non-hydrogen) atoms. The van der Waals surface area contributed by atoms with E-state index in [1.807, 2.05) is 42.6 Å². The Balaban J connectivity index is 1.65. The Morgan fingerprint density at radius 3 is 2.78 bits per heavy atom. The van der Waals surface area contributed by atoms with E-state index < -0.39 is 0 Å². The fraction of sp³-hybridized carbons (Fsp3) is 0.0588. The number of nitrogens with one attached hydrogen (secondary N) is 1. The molecule has 0 saturated carbocycles. The molecule has 0 saturated heterocycles. The number of carbonyl (C=O) groups excluding carboxylic acids is 1. The third kappa shape index (κ3) is 3.88. The molecule has 0 unspecified atom stereocenters. The van der Waals surface area contributed by atoms with E-state index in [-0.39, 0.29) is 5.91 Å². The summed E-state index contributed by atoms with van der Waals surface area (Å²) in [5.41, 5.74) is 1.62. The molecule has 1 N–H and O–H groups in total. The maximum atomic E-state index is 11.9. The van der Waals surface area contributed by atoms with Crippen LogP contribution in [0.15, 0.2) is 67.3 Å². The van der Waals surface area contributed by atoms with Crippen LogP contribution < -0.4 is 5.32 Å². The molecule has 6 nitrogen and oxygen atoms in total. The van der Waals surface area contributed by atoms with Gasteiger partial charge in [0.15, 0.2) is 5.82 Å². The molecular weight excluding hydrogens is 290 g/mol. The molecule has 3 heterocycles.